The van der Waals surface area contributed by atoms with Crippen LogP contribution in [-0.4, -0.2) is 20.9 Å². The van der Waals surface area contributed by atoms with Crippen LogP contribution in [0.25, 0.3) is 60.4 Å². The molecule has 2 aromatic heterocycles. The highest BCUT2D eigenvalue weighted by Crippen LogP contribution is 2.37. The number of aliphatic imine (C=N–C) groups is 2. The third kappa shape index (κ3) is 4.55. The first-order valence-corrected chi connectivity index (χ1v) is 17.0. The fourth-order valence-electron chi connectivity index (χ4n) is 7.45. The summed E-state index contributed by atoms with van der Waals surface area (Å²) in [4.78, 5) is 10.5. The molecule has 0 amide bonds. The Kier molecular flexibility index (Phi) is 6.49. The largest absolute Gasteiger partial charge is 0.344 e. The number of benzene rings is 7. The maximum absolute atomic E-state index is 5.26. The van der Waals surface area contributed by atoms with Gasteiger partial charge in [-0.15, -0.1) is 0 Å². The van der Waals surface area contributed by atoms with Gasteiger partial charge in [0.2, 0.25) is 5.96 Å². The summed E-state index contributed by atoms with van der Waals surface area (Å²) >= 11 is 0. The van der Waals surface area contributed by atoms with Crippen LogP contribution in [0, 0.1) is 0 Å². The Morgan fingerprint density at radius 3 is 1.56 bits per heavy atom. The van der Waals surface area contributed by atoms with Crippen LogP contribution in [0.15, 0.2) is 186 Å². The second-order valence-electron chi connectivity index (χ2n) is 12.7. The third-order valence-electron chi connectivity index (χ3n) is 9.79. The Morgan fingerprint density at radius 2 is 0.920 bits per heavy atom. The summed E-state index contributed by atoms with van der Waals surface area (Å²) in [5.41, 5.74) is 10.1. The standard InChI is InChI=1S/C45H31N5/c1-4-14-30(15-5-1)43-46-44(31-16-6-2-7-17-31)48-45(47-43)50-40-23-13-11-21-36(40)38-27-25-33(29-42(38)50)32-24-26-37-35-20-10-12-22-39(35)49(41(37)28-32)34-18-8-3-9-19-34/h1-29,43H,(H,46,47,48). The molecule has 1 aliphatic heterocycles. The lowest BCUT2D eigenvalue weighted by molar-refractivity contribution is 0.668. The Hall–Kier alpha value is -6.72. The molecular weight excluding hydrogens is 611 g/mol. The number of para-hydroxylation sites is 3. The monoisotopic (exact) mass is 641 g/mol. The minimum absolute atomic E-state index is 0.291. The highest BCUT2D eigenvalue weighted by Gasteiger charge is 2.24. The van der Waals surface area contributed by atoms with E-state index in [1.165, 1.54) is 27.2 Å². The van der Waals surface area contributed by atoms with Gasteiger partial charge in [-0.25, -0.2) is 4.99 Å². The first-order chi connectivity index (χ1) is 24.8. The second-order valence-corrected chi connectivity index (χ2v) is 12.7. The van der Waals surface area contributed by atoms with Gasteiger partial charge in [0.05, 0.1) is 22.1 Å². The summed E-state index contributed by atoms with van der Waals surface area (Å²) in [5.74, 6) is 1.45. The van der Waals surface area contributed by atoms with Crippen molar-refractivity contribution in [1.29, 1.82) is 0 Å². The minimum atomic E-state index is -0.291. The molecule has 5 heteroatoms. The Labute approximate surface area is 289 Å². The average Bonchev–Trinajstić information content (AvgIpc) is 3.71. The van der Waals surface area contributed by atoms with E-state index in [9.17, 15) is 0 Å². The molecule has 0 aliphatic carbocycles. The number of amidine groups is 1. The summed E-state index contributed by atoms with van der Waals surface area (Å²) in [6.45, 7) is 0. The maximum Gasteiger partial charge on any atom is 0.234 e. The number of rotatable bonds is 4. The van der Waals surface area contributed by atoms with E-state index in [2.05, 4.69) is 166 Å². The molecule has 3 heterocycles. The molecule has 1 atom stereocenters. The van der Waals surface area contributed by atoms with Crippen molar-refractivity contribution in [1.82, 2.24) is 14.5 Å². The molecule has 0 saturated carbocycles. The number of hydrogen-bond acceptors (Lipinski definition) is 3. The lowest BCUT2D eigenvalue weighted by Gasteiger charge is -2.24. The van der Waals surface area contributed by atoms with E-state index in [1.54, 1.807) is 0 Å². The predicted octanol–water partition coefficient (Wildman–Crippen LogP) is 10.5. The molecule has 0 saturated heterocycles. The summed E-state index contributed by atoms with van der Waals surface area (Å²) in [6, 6.07) is 62.1. The van der Waals surface area contributed by atoms with E-state index < -0.39 is 0 Å². The molecule has 0 radical (unpaired) electrons. The number of nitrogens with one attached hydrogen (secondary N) is 1. The predicted molar refractivity (Wildman–Crippen MR) is 207 cm³/mol. The number of fused-ring (bicyclic) bond motifs is 6. The zero-order chi connectivity index (χ0) is 33.0. The first-order valence-electron chi connectivity index (χ1n) is 17.0. The molecule has 7 aromatic carbocycles. The van der Waals surface area contributed by atoms with Crippen LogP contribution < -0.4 is 5.32 Å². The van der Waals surface area contributed by atoms with Crippen molar-refractivity contribution in [3.8, 4) is 16.8 Å². The highest BCUT2D eigenvalue weighted by atomic mass is 15.3. The molecule has 1 aliphatic rings. The van der Waals surface area contributed by atoms with Gasteiger partial charge in [-0.2, -0.15) is 4.99 Å². The first kappa shape index (κ1) is 28.3. The quantitative estimate of drug-likeness (QED) is 0.204. The molecule has 0 fully saturated rings. The van der Waals surface area contributed by atoms with Gasteiger partial charge in [-0.05, 0) is 53.1 Å². The van der Waals surface area contributed by atoms with Crippen molar-refractivity contribution in [2.45, 2.75) is 6.17 Å². The van der Waals surface area contributed by atoms with Crippen molar-refractivity contribution in [3.63, 3.8) is 0 Å². The molecule has 1 unspecified atom stereocenters. The third-order valence-corrected chi connectivity index (χ3v) is 9.79. The Bertz CT molecular complexity index is 2770. The zero-order valence-electron chi connectivity index (χ0n) is 27.1. The van der Waals surface area contributed by atoms with Crippen molar-refractivity contribution in [3.05, 3.63) is 187 Å². The van der Waals surface area contributed by atoms with Gasteiger partial charge in [0, 0.05) is 32.8 Å². The molecule has 1 N–H and O–H groups in total. The van der Waals surface area contributed by atoms with Crippen LogP contribution in [0.2, 0.25) is 0 Å². The molecule has 236 valence electrons. The summed E-state index contributed by atoms with van der Waals surface area (Å²) in [7, 11) is 0. The van der Waals surface area contributed by atoms with Gasteiger partial charge in [0.25, 0.3) is 0 Å². The minimum Gasteiger partial charge on any atom is -0.344 e. The normalized spacial score (nSPS) is 14.6. The van der Waals surface area contributed by atoms with E-state index in [0.29, 0.717) is 5.96 Å². The zero-order valence-corrected chi connectivity index (χ0v) is 27.1. The molecule has 0 bridgehead atoms. The Balaban J connectivity index is 1.19. The van der Waals surface area contributed by atoms with Gasteiger partial charge >= 0.3 is 0 Å². The van der Waals surface area contributed by atoms with Crippen LogP contribution in [0.1, 0.15) is 17.3 Å². The average molecular weight is 642 g/mol. The molecule has 50 heavy (non-hydrogen) atoms. The summed E-state index contributed by atoms with van der Waals surface area (Å²) < 4.78 is 4.60. The van der Waals surface area contributed by atoms with E-state index in [1.807, 2.05) is 24.3 Å². The molecule has 9 aromatic rings. The highest BCUT2D eigenvalue weighted by molar-refractivity contribution is 6.18. The van der Waals surface area contributed by atoms with Crippen LogP contribution in [0.3, 0.4) is 0 Å². The van der Waals surface area contributed by atoms with Crippen LogP contribution in [-0.2, 0) is 0 Å². The van der Waals surface area contributed by atoms with Crippen molar-refractivity contribution in [2.75, 3.05) is 0 Å². The molecule has 10 rings (SSSR count). The van der Waals surface area contributed by atoms with Crippen LogP contribution >= 0.6 is 0 Å². The molecule has 0 spiro atoms. The van der Waals surface area contributed by atoms with E-state index >= 15 is 0 Å². The number of nitrogens with zero attached hydrogens (tertiary/aromatic N) is 4. The van der Waals surface area contributed by atoms with Gasteiger partial charge in [0.1, 0.15) is 12.0 Å². The number of hydrogen-bond donors (Lipinski definition) is 1. The molecule has 5 nitrogen and oxygen atoms in total. The summed E-state index contributed by atoms with van der Waals surface area (Å²) in [6.07, 6.45) is -0.291. The number of aromatic nitrogens is 2. The second kappa shape index (κ2) is 11.5. The fraction of sp³-hybridized carbons (Fsp3) is 0.0222. The van der Waals surface area contributed by atoms with Crippen molar-refractivity contribution in [2.24, 2.45) is 9.98 Å². The summed E-state index contributed by atoms with van der Waals surface area (Å²) in [5, 5.41) is 8.42. The topological polar surface area (TPSA) is 46.6 Å². The van der Waals surface area contributed by atoms with Gasteiger partial charge in [-0.1, -0.05) is 140 Å². The van der Waals surface area contributed by atoms with Crippen molar-refractivity contribution < 1.29 is 0 Å². The van der Waals surface area contributed by atoms with Crippen LogP contribution in [0.4, 0.5) is 0 Å². The fourth-order valence-corrected chi connectivity index (χ4v) is 7.45. The van der Waals surface area contributed by atoms with Gasteiger partial charge in [-0.3, -0.25) is 4.57 Å². The van der Waals surface area contributed by atoms with E-state index in [-0.39, 0.29) is 6.17 Å². The lowest BCUT2D eigenvalue weighted by atomic mass is 10.0. The maximum atomic E-state index is 5.26. The smallest absolute Gasteiger partial charge is 0.234 e. The van der Waals surface area contributed by atoms with Crippen molar-refractivity contribution >= 4 is 55.4 Å². The Morgan fingerprint density at radius 1 is 0.420 bits per heavy atom. The van der Waals surface area contributed by atoms with E-state index in [0.717, 1.165) is 50.2 Å². The van der Waals surface area contributed by atoms with E-state index in [4.69, 9.17) is 9.98 Å². The molecular formula is C45H31N5. The lowest BCUT2D eigenvalue weighted by Crippen LogP contribution is -2.35. The SMILES string of the molecule is c1ccc(C2=NC(n3c4ccccc4c4ccc(-c5ccc6c7ccccc7n(-c7ccccc7)c6c5)cc43)=NC(c3ccccc3)N2)cc1. The van der Waals surface area contributed by atoms with Gasteiger partial charge in [0.15, 0.2) is 0 Å². The van der Waals surface area contributed by atoms with Crippen LogP contribution in [0.5, 0.6) is 0 Å². The van der Waals surface area contributed by atoms with Gasteiger partial charge < -0.3 is 9.88 Å².